The van der Waals surface area contributed by atoms with Crippen LogP contribution in [0, 0.1) is 5.92 Å². The van der Waals surface area contributed by atoms with Crippen molar-refractivity contribution < 1.29 is 9.59 Å². The summed E-state index contributed by atoms with van der Waals surface area (Å²) in [5.74, 6) is -0.177. The standard InChI is InChI=1S/C23H31N3O2/c1-15(2)22(23(28)25-20-10-11-24-16(3)12-20)26-21(27)14-17-8-9-18-6-4-5-7-19(18)13-17/h4-9,13,15-16,20,22,24H,10-12,14H2,1-3H3,(H,25,28)(H,26,27). The van der Waals surface area contributed by atoms with Crippen LogP contribution in [0.25, 0.3) is 10.8 Å². The third-order valence-corrected chi connectivity index (χ3v) is 5.41. The van der Waals surface area contributed by atoms with Gasteiger partial charge < -0.3 is 16.0 Å². The van der Waals surface area contributed by atoms with Crippen molar-refractivity contribution in [3.63, 3.8) is 0 Å². The molecule has 0 bridgehead atoms. The first-order valence-corrected chi connectivity index (χ1v) is 10.2. The summed E-state index contributed by atoms with van der Waals surface area (Å²) in [5.41, 5.74) is 0.950. The maximum atomic E-state index is 12.8. The topological polar surface area (TPSA) is 70.2 Å². The fourth-order valence-electron chi connectivity index (χ4n) is 3.85. The van der Waals surface area contributed by atoms with Gasteiger partial charge in [0.1, 0.15) is 6.04 Å². The van der Waals surface area contributed by atoms with Crippen molar-refractivity contribution in [2.24, 2.45) is 5.92 Å². The lowest BCUT2D eigenvalue weighted by atomic mass is 9.98. The zero-order valence-electron chi connectivity index (χ0n) is 17.0. The molecule has 5 nitrogen and oxygen atoms in total. The molecule has 1 aliphatic heterocycles. The van der Waals surface area contributed by atoms with Gasteiger partial charge in [0.15, 0.2) is 0 Å². The molecule has 150 valence electrons. The highest BCUT2D eigenvalue weighted by atomic mass is 16.2. The molecule has 1 aliphatic rings. The van der Waals surface area contributed by atoms with E-state index in [1.165, 1.54) is 0 Å². The van der Waals surface area contributed by atoms with Gasteiger partial charge in [0, 0.05) is 12.1 Å². The number of benzene rings is 2. The molecule has 0 radical (unpaired) electrons. The Bertz CT molecular complexity index is 833. The van der Waals surface area contributed by atoms with Gasteiger partial charge in [0.25, 0.3) is 0 Å². The molecule has 0 saturated carbocycles. The van der Waals surface area contributed by atoms with Crippen LogP contribution >= 0.6 is 0 Å². The van der Waals surface area contributed by atoms with Crippen molar-refractivity contribution >= 4 is 22.6 Å². The van der Waals surface area contributed by atoms with Crippen molar-refractivity contribution in [3.05, 3.63) is 48.0 Å². The first-order chi connectivity index (χ1) is 13.4. The lowest BCUT2D eigenvalue weighted by Crippen LogP contribution is -2.54. The third-order valence-electron chi connectivity index (χ3n) is 5.41. The maximum Gasteiger partial charge on any atom is 0.243 e. The molecular formula is C23H31N3O2. The van der Waals surface area contributed by atoms with Crippen LogP contribution in [0.1, 0.15) is 39.2 Å². The minimum atomic E-state index is -0.516. The summed E-state index contributed by atoms with van der Waals surface area (Å²) in [5, 5.41) is 11.7. The lowest BCUT2D eigenvalue weighted by Gasteiger charge is -2.31. The fraction of sp³-hybridized carbons (Fsp3) is 0.478. The molecule has 5 heteroatoms. The summed E-state index contributed by atoms with van der Waals surface area (Å²) < 4.78 is 0. The van der Waals surface area contributed by atoms with Gasteiger partial charge in [-0.3, -0.25) is 9.59 Å². The second-order valence-electron chi connectivity index (χ2n) is 8.23. The average Bonchev–Trinajstić information content (AvgIpc) is 2.65. The number of hydrogen-bond acceptors (Lipinski definition) is 3. The van der Waals surface area contributed by atoms with E-state index in [1.807, 2.05) is 50.2 Å². The van der Waals surface area contributed by atoms with E-state index in [-0.39, 0.29) is 30.2 Å². The predicted octanol–water partition coefficient (Wildman–Crippen LogP) is 2.78. The first-order valence-electron chi connectivity index (χ1n) is 10.2. The van der Waals surface area contributed by atoms with Gasteiger partial charge in [0.2, 0.25) is 11.8 Å². The van der Waals surface area contributed by atoms with Gasteiger partial charge in [-0.15, -0.1) is 0 Å². The molecule has 3 N–H and O–H groups in total. The molecular weight excluding hydrogens is 350 g/mol. The van der Waals surface area contributed by atoms with E-state index in [9.17, 15) is 9.59 Å². The largest absolute Gasteiger partial charge is 0.351 e. The lowest BCUT2D eigenvalue weighted by molar-refractivity contribution is -0.130. The van der Waals surface area contributed by atoms with Crippen LogP contribution in [0.2, 0.25) is 0 Å². The van der Waals surface area contributed by atoms with Crippen molar-refractivity contribution in [2.75, 3.05) is 6.54 Å². The molecule has 2 amide bonds. The Kier molecular flexibility index (Phi) is 6.68. The van der Waals surface area contributed by atoms with E-state index in [2.05, 4.69) is 28.9 Å². The number of piperidine rings is 1. The summed E-state index contributed by atoms with van der Waals surface area (Å²) in [6.07, 6.45) is 2.11. The van der Waals surface area contributed by atoms with Gasteiger partial charge in [-0.05, 0) is 48.6 Å². The highest BCUT2D eigenvalue weighted by Gasteiger charge is 2.27. The molecule has 0 aliphatic carbocycles. The second-order valence-corrected chi connectivity index (χ2v) is 8.23. The maximum absolute atomic E-state index is 12.8. The van der Waals surface area contributed by atoms with Crippen molar-refractivity contribution in [3.8, 4) is 0 Å². The molecule has 0 aromatic heterocycles. The molecule has 3 unspecified atom stereocenters. The molecule has 3 atom stereocenters. The molecule has 28 heavy (non-hydrogen) atoms. The van der Waals surface area contributed by atoms with Crippen LogP contribution in [-0.4, -0.2) is 36.5 Å². The Morgan fingerprint density at radius 2 is 1.89 bits per heavy atom. The van der Waals surface area contributed by atoms with Gasteiger partial charge in [-0.1, -0.05) is 56.3 Å². The highest BCUT2D eigenvalue weighted by molar-refractivity contribution is 5.89. The number of fused-ring (bicyclic) bond motifs is 1. The number of nitrogens with one attached hydrogen (secondary N) is 3. The Hall–Kier alpha value is -2.40. The SMILES string of the molecule is CC1CC(NC(=O)C(NC(=O)Cc2ccc3ccccc3c2)C(C)C)CCN1. The Morgan fingerprint density at radius 1 is 1.14 bits per heavy atom. The van der Waals surface area contributed by atoms with E-state index in [0.717, 1.165) is 35.7 Å². The van der Waals surface area contributed by atoms with E-state index >= 15 is 0 Å². The number of hydrogen-bond donors (Lipinski definition) is 3. The highest BCUT2D eigenvalue weighted by Crippen LogP contribution is 2.16. The summed E-state index contributed by atoms with van der Waals surface area (Å²) in [7, 11) is 0. The summed E-state index contributed by atoms with van der Waals surface area (Å²) in [6.45, 7) is 6.97. The molecule has 1 heterocycles. The van der Waals surface area contributed by atoms with E-state index in [4.69, 9.17) is 0 Å². The minimum Gasteiger partial charge on any atom is -0.351 e. The third kappa shape index (κ3) is 5.32. The van der Waals surface area contributed by atoms with Gasteiger partial charge >= 0.3 is 0 Å². The summed E-state index contributed by atoms with van der Waals surface area (Å²) in [4.78, 5) is 25.4. The number of amides is 2. The Balaban J connectivity index is 1.60. The molecule has 1 fully saturated rings. The summed E-state index contributed by atoms with van der Waals surface area (Å²) in [6, 6.07) is 14.2. The van der Waals surface area contributed by atoms with E-state index in [0.29, 0.717) is 6.04 Å². The van der Waals surface area contributed by atoms with Gasteiger partial charge in [-0.25, -0.2) is 0 Å². The van der Waals surface area contributed by atoms with Crippen LogP contribution in [0.3, 0.4) is 0 Å². The number of carbonyl (C=O) groups excluding carboxylic acids is 2. The molecule has 2 aromatic rings. The van der Waals surface area contributed by atoms with Crippen molar-refractivity contribution in [1.29, 1.82) is 0 Å². The van der Waals surface area contributed by atoms with Crippen molar-refractivity contribution in [2.45, 2.75) is 58.2 Å². The van der Waals surface area contributed by atoms with Crippen LogP contribution in [0.4, 0.5) is 0 Å². The number of carbonyl (C=O) groups is 2. The Labute approximate surface area is 167 Å². The quantitative estimate of drug-likeness (QED) is 0.721. The summed E-state index contributed by atoms with van der Waals surface area (Å²) >= 11 is 0. The molecule has 0 spiro atoms. The van der Waals surface area contributed by atoms with Crippen LogP contribution in [0.15, 0.2) is 42.5 Å². The average molecular weight is 382 g/mol. The fourth-order valence-corrected chi connectivity index (χ4v) is 3.85. The smallest absolute Gasteiger partial charge is 0.243 e. The van der Waals surface area contributed by atoms with Crippen molar-refractivity contribution in [1.82, 2.24) is 16.0 Å². The van der Waals surface area contributed by atoms with E-state index < -0.39 is 6.04 Å². The Morgan fingerprint density at radius 3 is 2.61 bits per heavy atom. The van der Waals surface area contributed by atoms with E-state index in [1.54, 1.807) is 0 Å². The zero-order chi connectivity index (χ0) is 20.1. The van der Waals surface area contributed by atoms with Crippen LogP contribution < -0.4 is 16.0 Å². The van der Waals surface area contributed by atoms with Crippen LogP contribution in [-0.2, 0) is 16.0 Å². The van der Waals surface area contributed by atoms with Crippen LogP contribution in [0.5, 0.6) is 0 Å². The zero-order valence-corrected chi connectivity index (χ0v) is 17.0. The molecule has 1 saturated heterocycles. The first kappa shape index (κ1) is 20.3. The molecule has 3 rings (SSSR count). The monoisotopic (exact) mass is 381 g/mol. The minimum absolute atomic E-state index is 0.0275. The predicted molar refractivity (Wildman–Crippen MR) is 113 cm³/mol. The van der Waals surface area contributed by atoms with Gasteiger partial charge in [-0.2, -0.15) is 0 Å². The molecule has 2 aromatic carbocycles. The van der Waals surface area contributed by atoms with Gasteiger partial charge in [0.05, 0.1) is 6.42 Å². The normalized spacial score (nSPS) is 20.7. The number of rotatable bonds is 6. The second kappa shape index (κ2) is 9.20.